The fourth-order valence-electron chi connectivity index (χ4n) is 2.13. The molecule has 0 fully saturated rings. The summed E-state index contributed by atoms with van der Waals surface area (Å²) in [4.78, 5) is 12.0. The van der Waals surface area contributed by atoms with E-state index in [0.29, 0.717) is 0 Å². The Morgan fingerprint density at radius 2 is 1.45 bits per heavy atom. The Hall–Kier alpha value is -2.49. The molecule has 2 aromatic carbocycles. The Labute approximate surface area is 131 Å². The number of carbonyl (C=O) groups is 1. The number of nitrogens with zero attached hydrogens (tertiary/aromatic N) is 2. The highest BCUT2D eigenvalue weighted by Crippen LogP contribution is 2.20. The maximum Gasteiger partial charge on any atom is 0.227 e. The summed E-state index contributed by atoms with van der Waals surface area (Å²) >= 11 is 0. The summed E-state index contributed by atoms with van der Waals surface area (Å²) < 4.78 is 0. The van der Waals surface area contributed by atoms with E-state index >= 15 is 0 Å². The van der Waals surface area contributed by atoms with Gasteiger partial charge in [-0.05, 0) is 49.2 Å². The van der Waals surface area contributed by atoms with Crippen molar-refractivity contribution < 1.29 is 4.79 Å². The fraction of sp³-hybridized carbons (Fsp3) is 0.278. The molecule has 2 aromatic rings. The highest BCUT2D eigenvalue weighted by atomic mass is 16.1. The van der Waals surface area contributed by atoms with Gasteiger partial charge in [-0.15, -0.1) is 0 Å². The molecule has 0 aromatic heterocycles. The Morgan fingerprint density at radius 1 is 0.909 bits per heavy atom. The normalized spacial score (nSPS) is 11.0. The van der Waals surface area contributed by atoms with Crippen molar-refractivity contribution in [2.45, 2.75) is 26.7 Å². The van der Waals surface area contributed by atoms with Gasteiger partial charge in [-0.25, -0.2) is 0 Å². The molecule has 4 nitrogen and oxygen atoms in total. The average Bonchev–Trinajstić information content (AvgIpc) is 2.56. The fourth-order valence-corrected chi connectivity index (χ4v) is 2.13. The number of nitrogens with one attached hydrogen (secondary N) is 1. The number of rotatable bonds is 6. The zero-order valence-electron chi connectivity index (χ0n) is 13.0. The molecule has 114 valence electrons. The Balaban J connectivity index is 1.98. The zero-order chi connectivity index (χ0) is 15.8. The summed E-state index contributed by atoms with van der Waals surface area (Å²) in [6.07, 6.45) is 1.71. The number of amides is 1. The number of azo groups is 1. The van der Waals surface area contributed by atoms with Crippen LogP contribution in [0.5, 0.6) is 0 Å². The molecule has 0 atom stereocenters. The minimum absolute atomic E-state index is 0.0671. The first-order valence-electron chi connectivity index (χ1n) is 7.60. The molecule has 0 aliphatic rings. The van der Waals surface area contributed by atoms with E-state index < -0.39 is 0 Å². The summed E-state index contributed by atoms with van der Waals surface area (Å²) in [5.41, 5.74) is 2.36. The molecule has 0 saturated heterocycles. The van der Waals surface area contributed by atoms with Crippen molar-refractivity contribution in [2.24, 2.45) is 16.1 Å². The van der Waals surface area contributed by atoms with Crippen LogP contribution in [-0.4, -0.2) is 5.91 Å². The first-order chi connectivity index (χ1) is 10.7. The van der Waals surface area contributed by atoms with Gasteiger partial charge in [-0.2, -0.15) is 10.2 Å². The lowest BCUT2D eigenvalue weighted by Gasteiger charge is -2.12. The topological polar surface area (TPSA) is 53.8 Å². The molecule has 2 rings (SSSR count). The lowest BCUT2D eigenvalue weighted by molar-refractivity contribution is -0.120. The van der Waals surface area contributed by atoms with Crippen molar-refractivity contribution in [3.63, 3.8) is 0 Å². The lowest BCUT2D eigenvalue weighted by atomic mass is 10.0. The Kier molecular flexibility index (Phi) is 5.83. The van der Waals surface area contributed by atoms with E-state index in [9.17, 15) is 4.79 Å². The van der Waals surface area contributed by atoms with Crippen molar-refractivity contribution in [1.29, 1.82) is 0 Å². The van der Waals surface area contributed by atoms with Gasteiger partial charge in [0.1, 0.15) is 0 Å². The minimum atomic E-state index is 0.0671. The van der Waals surface area contributed by atoms with Crippen molar-refractivity contribution in [2.75, 3.05) is 5.32 Å². The smallest absolute Gasteiger partial charge is 0.227 e. The summed E-state index contributed by atoms with van der Waals surface area (Å²) in [6.45, 7) is 4.06. The number of hydrogen-bond acceptors (Lipinski definition) is 3. The van der Waals surface area contributed by atoms with Gasteiger partial charge in [-0.3, -0.25) is 4.79 Å². The first-order valence-corrected chi connectivity index (χ1v) is 7.60. The molecule has 0 radical (unpaired) electrons. The third-order valence-electron chi connectivity index (χ3n) is 3.53. The van der Waals surface area contributed by atoms with Crippen LogP contribution in [0.25, 0.3) is 0 Å². The van der Waals surface area contributed by atoms with Gasteiger partial charge in [0, 0.05) is 11.6 Å². The van der Waals surface area contributed by atoms with E-state index in [1.54, 1.807) is 0 Å². The molecule has 1 N–H and O–H groups in total. The molecule has 0 aliphatic heterocycles. The van der Waals surface area contributed by atoms with E-state index in [0.717, 1.165) is 29.9 Å². The van der Waals surface area contributed by atoms with Crippen molar-refractivity contribution in [3.8, 4) is 0 Å². The van der Waals surface area contributed by atoms with Crippen LogP contribution in [0.3, 0.4) is 0 Å². The van der Waals surface area contributed by atoms with Crippen LogP contribution >= 0.6 is 0 Å². The SMILES string of the molecule is CCC(CC)C(=O)Nc1ccc(N=Nc2ccccc2)cc1. The zero-order valence-corrected chi connectivity index (χ0v) is 13.0. The Morgan fingerprint density at radius 3 is 2.00 bits per heavy atom. The second-order valence-electron chi connectivity index (χ2n) is 5.09. The number of hydrogen-bond donors (Lipinski definition) is 1. The molecule has 1 amide bonds. The van der Waals surface area contributed by atoms with Crippen molar-refractivity contribution in [3.05, 3.63) is 54.6 Å². The van der Waals surface area contributed by atoms with Crippen LogP contribution in [-0.2, 0) is 4.79 Å². The molecular weight excluding hydrogens is 274 g/mol. The van der Waals surface area contributed by atoms with E-state index in [1.807, 2.05) is 68.4 Å². The van der Waals surface area contributed by atoms with Crippen LogP contribution in [0.15, 0.2) is 64.8 Å². The van der Waals surface area contributed by atoms with Crippen LogP contribution in [0.4, 0.5) is 17.1 Å². The maximum absolute atomic E-state index is 12.0. The third-order valence-corrected chi connectivity index (χ3v) is 3.53. The lowest BCUT2D eigenvalue weighted by Crippen LogP contribution is -2.21. The van der Waals surface area contributed by atoms with E-state index in [-0.39, 0.29) is 11.8 Å². The largest absolute Gasteiger partial charge is 0.326 e. The van der Waals surface area contributed by atoms with Gasteiger partial charge in [0.25, 0.3) is 0 Å². The second kappa shape index (κ2) is 8.08. The predicted octanol–water partition coefficient (Wildman–Crippen LogP) is 5.48. The summed E-state index contributed by atoms with van der Waals surface area (Å²) in [5.74, 6) is 0.140. The summed E-state index contributed by atoms with van der Waals surface area (Å²) in [7, 11) is 0. The van der Waals surface area contributed by atoms with Gasteiger partial charge >= 0.3 is 0 Å². The number of carbonyl (C=O) groups excluding carboxylic acids is 1. The monoisotopic (exact) mass is 295 g/mol. The molecule has 0 spiro atoms. The van der Waals surface area contributed by atoms with Gasteiger partial charge in [0.05, 0.1) is 11.4 Å². The molecule has 22 heavy (non-hydrogen) atoms. The highest BCUT2D eigenvalue weighted by molar-refractivity contribution is 5.92. The van der Waals surface area contributed by atoms with Crippen molar-refractivity contribution in [1.82, 2.24) is 0 Å². The molecule has 0 bridgehead atoms. The second-order valence-corrected chi connectivity index (χ2v) is 5.09. The van der Waals surface area contributed by atoms with Crippen LogP contribution < -0.4 is 5.32 Å². The van der Waals surface area contributed by atoms with Crippen LogP contribution in [0.1, 0.15) is 26.7 Å². The minimum Gasteiger partial charge on any atom is -0.326 e. The van der Waals surface area contributed by atoms with Crippen LogP contribution in [0, 0.1) is 5.92 Å². The quantitative estimate of drug-likeness (QED) is 0.705. The number of anilines is 1. The Bertz CT molecular complexity index is 617. The first kappa shape index (κ1) is 15.9. The molecule has 4 heteroatoms. The number of benzene rings is 2. The summed E-state index contributed by atoms with van der Waals surface area (Å²) in [6, 6.07) is 17.0. The maximum atomic E-state index is 12.0. The average molecular weight is 295 g/mol. The highest BCUT2D eigenvalue weighted by Gasteiger charge is 2.13. The molecular formula is C18H21N3O. The van der Waals surface area contributed by atoms with Gasteiger partial charge in [-0.1, -0.05) is 32.0 Å². The van der Waals surface area contributed by atoms with E-state index in [4.69, 9.17) is 0 Å². The van der Waals surface area contributed by atoms with Crippen LogP contribution in [0.2, 0.25) is 0 Å². The molecule has 0 aliphatic carbocycles. The molecule has 0 unspecified atom stereocenters. The van der Waals surface area contributed by atoms with Gasteiger partial charge in [0.2, 0.25) is 5.91 Å². The molecule has 0 saturated carbocycles. The standard InChI is InChI=1S/C18H21N3O/c1-3-14(4-2)18(22)19-15-10-12-17(13-11-15)21-20-16-8-6-5-7-9-16/h5-14H,3-4H2,1-2H3,(H,19,22). The molecule has 0 heterocycles. The third kappa shape index (κ3) is 4.52. The van der Waals surface area contributed by atoms with Crippen molar-refractivity contribution >= 4 is 23.0 Å². The van der Waals surface area contributed by atoms with Gasteiger partial charge < -0.3 is 5.32 Å². The summed E-state index contributed by atoms with van der Waals surface area (Å²) in [5, 5.41) is 11.3. The van der Waals surface area contributed by atoms with Gasteiger partial charge in [0.15, 0.2) is 0 Å². The van der Waals surface area contributed by atoms with E-state index in [1.165, 1.54) is 0 Å². The predicted molar refractivity (Wildman–Crippen MR) is 89.8 cm³/mol. The van der Waals surface area contributed by atoms with E-state index in [2.05, 4.69) is 15.5 Å².